The van der Waals surface area contributed by atoms with Crippen LogP contribution in [0.3, 0.4) is 0 Å². The minimum Gasteiger partial charge on any atom is -0.283 e. The van der Waals surface area contributed by atoms with E-state index in [1.54, 1.807) is 18.2 Å². The van der Waals surface area contributed by atoms with Gasteiger partial charge >= 0.3 is 5.91 Å². The summed E-state index contributed by atoms with van der Waals surface area (Å²) in [7, 11) is 0. The maximum Gasteiger partial charge on any atom is 0.323 e. The summed E-state index contributed by atoms with van der Waals surface area (Å²) in [6.07, 6.45) is 0. The second-order valence-electron chi connectivity index (χ2n) is 3.79. The number of carbonyl (C=O) groups is 2. The van der Waals surface area contributed by atoms with Gasteiger partial charge in [0.15, 0.2) is 0 Å². The van der Waals surface area contributed by atoms with Crippen LogP contribution < -0.4 is 5.06 Å². The molecule has 0 aliphatic rings. The van der Waals surface area contributed by atoms with Crippen LogP contribution in [0.15, 0.2) is 54.6 Å². The molecule has 2 rings (SSSR count). The van der Waals surface area contributed by atoms with Crippen molar-refractivity contribution in [2.45, 2.75) is 0 Å². The highest BCUT2D eigenvalue weighted by Crippen LogP contribution is 2.14. The first-order valence-corrected chi connectivity index (χ1v) is 5.85. The number of hydrogen-bond acceptors (Lipinski definition) is 3. The van der Waals surface area contributed by atoms with Crippen LogP contribution in [0.1, 0.15) is 10.4 Å². The number of nitrogens with zero attached hydrogens (tertiary/aromatic N) is 1. The maximum atomic E-state index is 11.9. The lowest BCUT2D eigenvalue weighted by Gasteiger charge is -2.13. The first kappa shape index (κ1) is 13.3. The van der Waals surface area contributed by atoms with Gasteiger partial charge in [0.2, 0.25) is 0 Å². The second kappa shape index (κ2) is 5.65. The molecular weight excluding hydrogens is 266 g/mol. The third kappa shape index (κ3) is 2.99. The lowest BCUT2D eigenvalue weighted by Crippen LogP contribution is -2.33. The van der Waals surface area contributed by atoms with Crippen LogP contribution in [0.4, 0.5) is 5.69 Å². The van der Waals surface area contributed by atoms with Gasteiger partial charge in [-0.05, 0) is 36.4 Å². The van der Waals surface area contributed by atoms with Crippen LogP contribution >= 0.6 is 11.6 Å². The Morgan fingerprint density at radius 1 is 0.947 bits per heavy atom. The fourth-order valence-corrected chi connectivity index (χ4v) is 1.63. The molecule has 4 nitrogen and oxygen atoms in total. The summed E-state index contributed by atoms with van der Waals surface area (Å²) in [6, 6.07) is 14.0. The van der Waals surface area contributed by atoms with E-state index in [4.69, 9.17) is 11.6 Å². The average Bonchev–Trinajstić information content (AvgIpc) is 2.46. The average molecular weight is 276 g/mol. The molecule has 0 atom stereocenters. The highest BCUT2D eigenvalue weighted by molar-refractivity contribution is 6.46. The Labute approximate surface area is 114 Å². The van der Waals surface area contributed by atoms with Gasteiger partial charge < -0.3 is 0 Å². The summed E-state index contributed by atoms with van der Waals surface area (Å²) in [4.78, 5) is 23.7. The van der Waals surface area contributed by atoms with Crippen molar-refractivity contribution in [3.63, 3.8) is 0 Å². The molecular formula is C14H10ClNO3. The fraction of sp³-hybridized carbons (Fsp3) is 0. The van der Waals surface area contributed by atoms with Gasteiger partial charge in [0.05, 0.1) is 5.69 Å². The molecule has 1 amide bonds. The molecule has 1 N–H and O–H groups in total. The van der Waals surface area contributed by atoms with E-state index < -0.39 is 11.7 Å². The lowest BCUT2D eigenvalue weighted by molar-refractivity contribution is -0.119. The smallest absolute Gasteiger partial charge is 0.283 e. The molecule has 0 unspecified atom stereocenters. The van der Waals surface area contributed by atoms with Crippen molar-refractivity contribution in [2.75, 3.05) is 5.06 Å². The molecule has 0 heterocycles. The number of amides is 1. The number of halogens is 1. The van der Waals surface area contributed by atoms with E-state index in [9.17, 15) is 14.8 Å². The quantitative estimate of drug-likeness (QED) is 0.405. The predicted octanol–water partition coefficient (Wildman–Crippen LogP) is 2.95. The third-order valence-electron chi connectivity index (χ3n) is 2.49. The molecule has 0 aliphatic carbocycles. The van der Waals surface area contributed by atoms with Crippen LogP contribution in [-0.4, -0.2) is 16.9 Å². The molecule has 0 radical (unpaired) electrons. The summed E-state index contributed by atoms with van der Waals surface area (Å²) in [5.41, 5.74) is 0.402. The summed E-state index contributed by atoms with van der Waals surface area (Å²) in [6.45, 7) is 0. The molecule has 0 spiro atoms. The van der Waals surface area contributed by atoms with Gasteiger partial charge in [-0.25, -0.2) is 0 Å². The summed E-state index contributed by atoms with van der Waals surface area (Å²) in [5.74, 6) is -1.82. The predicted molar refractivity (Wildman–Crippen MR) is 71.5 cm³/mol. The number of benzene rings is 2. The molecule has 5 heteroatoms. The standard InChI is InChI=1S/C14H10ClNO3/c15-11-8-6-10(7-9-11)13(17)14(18)16(19)12-4-2-1-3-5-12/h1-9,19H. The zero-order valence-corrected chi connectivity index (χ0v) is 10.5. The van der Waals surface area contributed by atoms with E-state index in [2.05, 4.69) is 0 Å². The summed E-state index contributed by atoms with van der Waals surface area (Å²) >= 11 is 5.70. The highest BCUT2D eigenvalue weighted by atomic mass is 35.5. The SMILES string of the molecule is O=C(C(=O)N(O)c1ccccc1)c1ccc(Cl)cc1. The van der Waals surface area contributed by atoms with Crippen LogP contribution in [0.5, 0.6) is 0 Å². The van der Waals surface area contributed by atoms with Gasteiger partial charge in [0.25, 0.3) is 5.78 Å². The highest BCUT2D eigenvalue weighted by Gasteiger charge is 2.23. The van der Waals surface area contributed by atoms with E-state index in [-0.39, 0.29) is 11.3 Å². The van der Waals surface area contributed by atoms with Crippen molar-refractivity contribution in [3.05, 3.63) is 65.2 Å². The van der Waals surface area contributed by atoms with Crippen molar-refractivity contribution < 1.29 is 14.8 Å². The zero-order valence-electron chi connectivity index (χ0n) is 9.79. The number of Topliss-reactive ketones (excluding diaryl/α,β-unsaturated/α-hetero) is 1. The number of carbonyl (C=O) groups excluding carboxylic acids is 2. The van der Waals surface area contributed by atoms with Gasteiger partial charge in [-0.1, -0.05) is 29.8 Å². The molecule has 2 aromatic carbocycles. The van der Waals surface area contributed by atoms with Gasteiger partial charge in [0, 0.05) is 10.6 Å². The fourth-order valence-electron chi connectivity index (χ4n) is 1.51. The van der Waals surface area contributed by atoms with Crippen molar-refractivity contribution in [3.8, 4) is 0 Å². The normalized spacial score (nSPS) is 10.0. The topological polar surface area (TPSA) is 57.6 Å². The van der Waals surface area contributed by atoms with Gasteiger partial charge in [-0.15, -0.1) is 0 Å². The molecule has 0 saturated carbocycles. The van der Waals surface area contributed by atoms with Gasteiger partial charge in [-0.2, -0.15) is 5.06 Å². The van der Waals surface area contributed by atoms with Crippen molar-refractivity contribution in [2.24, 2.45) is 0 Å². The Morgan fingerprint density at radius 2 is 1.53 bits per heavy atom. The number of hydroxylamine groups is 1. The number of hydrogen-bond donors (Lipinski definition) is 1. The van der Waals surface area contributed by atoms with Crippen LogP contribution in [0.25, 0.3) is 0 Å². The molecule has 0 aliphatic heterocycles. The van der Waals surface area contributed by atoms with Crippen LogP contribution in [-0.2, 0) is 4.79 Å². The second-order valence-corrected chi connectivity index (χ2v) is 4.22. The van der Waals surface area contributed by atoms with E-state index in [0.717, 1.165) is 0 Å². The van der Waals surface area contributed by atoms with E-state index in [0.29, 0.717) is 10.1 Å². The largest absolute Gasteiger partial charge is 0.323 e. The van der Waals surface area contributed by atoms with Crippen molar-refractivity contribution >= 4 is 29.0 Å². The molecule has 2 aromatic rings. The number of para-hydroxylation sites is 1. The minimum absolute atomic E-state index is 0.171. The van der Waals surface area contributed by atoms with E-state index >= 15 is 0 Å². The Morgan fingerprint density at radius 3 is 2.11 bits per heavy atom. The zero-order chi connectivity index (χ0) is 13.8. The summed E-state index contributed by atoms with van der Waals surface area (Å²) < 4.78 is 0. The number of rotatable bonds is 3. The lowest BCUT2D eigenvalue weighted by atomic mass is 10.1. The molecule has 96 valence electrons. The Bertz CT molecular complexity index is 596. The number of ketones is 1. The van der Waals surface area contributed by atoms with E-state index in [1.165, 1.54) is 36.4 Å². The number of anilines is 1. The maximum absolute atomic E-state index is 11.9. The first-order valence-electron chi connectivity index (χ1n) is 5.48. The Hall–Kier alpha value is -2.17. The van der Waals surface area contributed by atoms with Gasteiger partial charge in [0.1, 0.15) is 0 Å². The van der Waals surface area contributed by atoms with Crippen molar-refractivity contribution in [1.82, 2.24) is 0 Å². The minimum atomic E-state index is -1.02. The Kier molecular flexibility index (Phi) is 3.94. The van der Waals surface area contributed by atoms with Gasteiger partial charge in [-0.3, -0.25) is 14.8 Å². The first-order chi connectivity index (χ1) is 9.09. The molecule has 0 saturated heterocycles. The Balaban J connectivity index is 2.20. The molecule has 0 aromatic heterocycles. The molecule has 0 bridgehead atoms. The third-order valence-corrected chi connectivity index (χ3v) is 2.75. The molecule has 0 fully saturated rings. The summed E-state index contributed by atoms with van der Waals surface area (Å²) in [5, 5.41) is 10.5. The monoisotopic (exact) mass is 275 g/mol. The van der Waals surface area contributed by atoms with Crippen LogP contribution in [0, 0.1) is 0 Å². The van der Waals surface area contributed by atoms with Crippen molar-refractivity contribution in [1.29, 1.82) is 0 Å². The van der Waals surface area contributed by atoms with Crippen LogP contribution in [0.2, 0.25) is 5.02 Å². The molecule has 19 heavy (non-hydrogen) atoms. The van der Waals surface area contributed by atoms with E-state index in [1.807, 2.05) is 0 Å².